The van der Waals surface area contributed by atoms with Crippen molar-refractivity contribution in [1.29, 1.82) is 0 Å². The van der Waals surface area contributed by atoms with Gasteiger partial charge in [0.2, 0.25) is 4.77 Å². The molecule has 0 spiro atoms. The van der Waals surface area contributed by atoms with Gasteiger partial charge in [0.1, 0.15) is 5.75 Å². The average Bonchev–Trinajstić information content (AvgIpc) is 3.11. The highest BCUT2D eigenvalue weighted by Gasteiger charge is 2.10. The summed E-state index contributed by atoms with van der Waals surface area (Å²) >= 11 is 6.77. The molecule has 0 saturated heterocycles. The van der Waals surface area contributed by atoms with Gasteiger partial charge in [0.05, 0.1) is 11.1 Å². The number of rotatable bonds is 5. The Morgan fingerprint density at radius 1 is 1.33 bits per heavy atom. The SMILES string of the molecule is Cc1ccsc1C=Nn1c(-c2ccc(OC(F)F)cc2)n[nH]c1=S. The quantitative estimate of drug-likeness (QED) is 0.536. The Morgan fingerprint density at radius 3 is 2.71 bits per heavy atom. The zero-order valence-electron chi connectivity index (χ0n) is 12.4. The van der Waals surface area contributed by atoms with Gasteiger partial charge in [-0.3, -0.25) is 0 Å². The lowest BCUT2D eigenvalue weighted by Gasteiger charge is -2.05. The van der Waals surface area contributed by atoms with E-state index in [1.165, 1.54) is 16.8 Å². The number of benzene rings is 1. The van der Waals surface area contributed by atoms with E-state index in [-0.39, 0.29) is 5.75 Å². The van der Waals surface area contributed by atoms with Crippen molar-refractivity contribution >= 4 is 29.8 Å². The minimum Gasteiger partial charge on any atom is -0.435 e. The number of hydrogen-bond donors (Lipinski definition) is 1. The second-order valence-corrected chi connectivity index (χ2v) is 6.11. The van der Waals surface area contributed by atoms with E-state index in [1.54, 1.807) is 29.7 Å². The number of aromatic amines is 1. The molecule has 0 atom stereocenters. The Balaban J connectivity index is 1.91. The smallest absolute Gasteiger partial charge is 0.387 e. The Bertz CT molecular complexity index is 912. The molecule has 9 heteroatoms. The summed E-state index contributed by atoms with van der Waals surface area (Å²) in [6, 6.07) is 8.12. The molecule has 2 heterocycles. The van der Waals surface area contributed by atoms with Crippen LogP contribution in [0.25, 0.3) is 11.4 Å². The van der Waals surface area contributed by atoms with Crippen molar-refractivity contribution < 1.29 is 13.5 Å². The summed E-state index contributed by atoms with van der Waals surface area (Å²) in [4.78, 5) is 1.02. The van der Waals surface area contributed by atoms with Crippen molar-refractivity contribution in [2.45, 2.75) is 13.5 Å². The number of aromatic nitrogens is 3. The maximum atomic E-state index is 12.2. The first-order valence-electron chi connectivity index (χ1n) is 6.85. The summed E-state index contributed by atoms with van der Waals surface area (Å²) in [5, 5.41) is 13.2. The number of aryl methyl sites for hydroxylation is 1. The Morgan fingerprint density at radius 2 is 2.08 bits per heavy atom. The summed E-state index contributed by atoms with van der Waals surface area (Å²) in [6.45, 7) is -0.862. The van der Waals surface area contributed by atoms with Crippen LogP contribution in [0, 0.1) is 11.7 Å². The number of ether oxygens (including phenoxy) is 1. The molecule has 2 aromatic heterocycles. The lowest BCUT2D eigenvalue weighted by molar-refractivity contribution is -0.0498. The Kier molecular flexibility index (Phi) is 4.81. The summed E-state index contributed by atoms with van der Waals surface area (Å²) in [5.41, 5.74) is 1.79. The minimum absolute atomic E-state index is 0.0761. The van der Waals surface area contributed by atoms with E-state index >= 15 is 0 Å². The molecule has 3 aromatic rings. The molecule has 0 saturated carbocycles. The second kappa shape index (κ2) is 7.02. The van der Waals surface area contributed by atoms with Crippen LogP contribution in [-0.2, 0) is 0 Å². The number of hydrogen-bond acceptors (Lipinski definition) is 5. The molecule has 24 heavy (non-hydrogen) atoms. The summed E-state index contributed by atoms with van der Waals surface area (Å²) in [6.07, 6.45) is 1.71. The van der Waals surface area contributed by atoms with Gasteiger partial charge < -0.3 is 4.74 Å². The monoisotopic (exact) mass is 366 g/mol. The van der Waals surface area contributed by atoms with Crippen LogP contribution in [0.2, 0.25) is 0 Å². The van der Waals surface area contributed by atoms with Gasteiger partial charge >= 0.3 is 6.61 Å². The molecule has 1 aromatic carbocycles. The van der Waals surface area contributed by atoms with E-state index < -0.39 is 6.61 Å². The standard InChI is InChI=1S/C15H12F2N4OS2/c1-9-6-7-24-12(9)8-18-21-13(19-20-15(21)23)10-2-4-11(5-3-10)22-14(16)17/h2-8,14H,1H3,(H,20,23). The van der Waals surface area contributed by atoms with Crippen molar-refractivity contribution in [2.75, 3.05) is 0 Å². The number of H-pyrrole nitrogens is 1. The number of alkyl halides is 2. The molecule has 0 bridgehead atoms. The third-order valence-corrected chi connectivity index (χ3v) is 4.40. The molecule has 0 aliphatic heterocycles. The predicted molar refractivity (Wildman–Crippen MR) is 91.5 cm³/mol. The van der Waals surface area contributed by atoms with Crippen molar-refractivity contribution in [2.24, 2.45) is 5.10 Å². The van der Waals surface area contributed by atoms with Crippen LogP contribution in [0.1, 0.15) is 10.4 Å². The molecule has 0 unspecified atom stereocenters. The van der Waals surface area contributed by atoms with Crippen molar-refractivity contribution in [1.82, 2.24) is 14.9 Å². The minimum atomic E-state index is -2.86. The molecule has 0 fully saturated rings. The fourth-order valence-corrected chi connectivity index (χ4v) is 2.96. The lowest BCUT2D eigenvalue weighted by Crippen LogP contribution is -2.01. The average molecular weight is 366 g/mol. The number of nitrogens with one attached hydrogen (secondary N) is 1. The predicted octanol–water partition coefficient (Wildman–Crippen LogP) is 4.46. The second-order valence-electron chi connectivity index (χ2n) is 4.78. The van der Waals surface area contributed by atoms with Crippen molar-refractivity contribution in [3.63, 3.8) is 0 Å². The maximum Gasteiger partial charge on any atom is 0.387 e. The molecular weight excluding hydrogens is 354 g/mol. The lowest BCUT2D eigenvalue weighted by atomic mass is 10.2. The summed E-state index contributed by atoms with van der Waals surface area (Å²) < 4.78 is 30.6. The number of thiophene rings is 1. The highest BCUT2D eigenvalue weighted by molar-refractivity contribution is 7.71. The largest absolute Gasteiger partial charge is 0.435 e. The van der Waals surface area contributed by atoms with Crippen LogP contribution in [-0.4, -0.2) is 27.7 Å². The van der Waals surface area contributed by atoms with Gasteiger partial charge in [-0.15, -0.1) is 11.3 Å². The molecule has 124 valence electrons. The van der Waals surface area contributed by atoms with E-state index in [4.69, 9.17) is 12.2 Å². The zero-order valence-corrected chi connectivity index (χ0v) is 14.1. The first-order valence-corrected chi connectivity index (χ1v) is 8.14. The molecule has 0 aliphatic rings. The first kappa shape index (κ1) is 16.5. The van der Waals surface area contributed by atoms with Gasteiger partial charge in [-0.1, -0.05) is 0 Å². The van der Waals surface area contributed by atoms with Crippen LogP contribution in [0.15, 0.2) is 40.8 Å². The molecule has 0 amide bonds. The van der Waals surface area contributed by atoms with Gasteiger partial charge in [-0.2, -0.15) is 23.7 Å². The number of halogens is 2. The Labute approximate surface area is 145 Å². The van der Waals surface area contributed by atoms with Crippen LogP contribution in [0.4, 0.5) is 8.78 Å². The highest BCUT2D eigenvalue weighted by Crippen LogP contribution is 2.22. The molecule has 1 N–H and O–H groups in total. The van der Waals surface area contributed by atoms with Crippen LogP contribution in [0.5, 0.6) is 5.75 Å². The fourth-order valence-electron chi connectivity index (χ4n) is 2.00. The maximum absolute atomic E-state index is 12.2. The normalized spacial score (nSPS) is 11.5. The third-order valence-electron chi connectivity index (χ3n) is 3.18. The van der Waals surface area contributed by atoms with Crippen molar-refractivity contribution in [3.8, 4) is 17.1 Å². The highest BCUT2D eigenvalue weighted by atomic mass is 32.1. The molecule has 0 aliphatic carbocycles. The summed E-state index contributed by atoms with van der Waals surface area (Å²) in [5.74, 6) is 0.557. The van der Waals surface area contributed by atoms with E-state index in [0.29, 0.717) is 16.2 Å². The van der Waals surface area contributed by atoms with Gasteiger partial charge in [0.25, 0.3) is 0 Å². The molecule has 3 rings (SSSR count). The van der Waals surface area contributed by atoms with Crippen LogP contribution in [0.3, 0.4) is 0 Å². The topological polar surface area (TPSA) is 55.2 Å². The van der Waals surface area contributed by atoms with E-state index in [0.717, 1.165) is 10.4 Å². The molecule has 5 nitrogen and oxygen atoms in total. The zero-order chi connectivity index (χ0) is 17.1. The fraction of sp³-hybridized carbons (Fsp3) is 0.133. The van der Waals surface area contributed by atoms with Crippen LogP contribution >= 0.6 is 23.6 Å². The van der Waals surface area contributed by atoms with Gasteiger partial charge in [0.15, 0.2) is 5.82 Å². The van der Waals surface area contributed by atoms with E-state index in [1.807, 2.05) is 18.4 Å². The summed E-state index contributed by atoms with van der Waals surface area (Å²) in [7, 11) is 0. The molecule has 0 radical (unpaired) electrons. The van der Waals surface area contributed by atoms with Crippen molar-refractivity contribution in [3.05, 3.63) is 50.9 Å². The Hall–Kier alpha value is -2.39. The first-order chi connectivity index (χ1) is 11.5. The third kappa shape index (κ3) is 3.57. The van der Waals surface area contributed by atoms with Gasteiger partial charge in [-0.25, -0.2) is 5.10 Å². The van der Waals surface area contributed by atoms with Gasteiger partial charge in [-0.05, 0) is 60.4 Å². The number of nitrogens with zero attached hydrogens (tertiary/aromatic N) is 3. The van der Waals surface area contributed by atoms with E-state index in [2.05, 4.69) is 20.0 Å². The van der Waals surface area contributed by atoms with Crippen LogP contribution < -0.4 is 4.74 Å². The van der Waals surface area contributed by atoms with Gasteiger partial charge in [0, 0.05) is 5.56 Å². The van der Waals surface area contributed by atoms with E-state index in [9.17, 15) is 8.78 Å². The molecular formula is C15H12F2N4OS2.